The summed E-state index contributed by atoms with van der Waals surface area (Å²) in [6.07, 6.45) is 0. The van der Waals surface area contributed by atoms with Crippen LogP contribution in [0.3, 0.4) is 0 Å². The molecular weight excluding hydrogens is 835 g/mol. The summed E-state index contributed by atoms with van der Waals surface area (Å²) < 4.78 is 7.07. The van der Waals surface area contributed by atoms with Crippen molar-refractivity contribution in [3.63, 3.8) is 0 Å². The van der Waals surface area contributed by atoms with Crippen LogP contribution in [0.1, 0.15) is 74.9 Å². The predicted molar refractivity (Wildman–Crippen MR) is 290 cm³/mol. The third-order valence-electron chi connectivity index (χ3n) is 15.2. The molecule has 0 radical (unpaired) electrons. The molecule has 13 rings (SSSR count). The maximum Gasteiger partial charge on any atom is 0.143 e. The number of para-hydroxylation sites is 3. The Morgan fingerprint density at radius 1 is 0.348 bits per heavy atom. The fourth-order valence-electron chi connectivity index (χ4n) is 11.8. The highest BCUT2D eigenvalue weighted by molar-refractivity contribution is 6.18. The number of hydrogen-bond acceptors (Lipinski definition) is 2. The first kappa shape index (κ1) is 41.3. The molecule has 332 valence electrons. The highest BCUT2D eigenvalue weighted by Gasteiger charge is 2.52. The van der Waals surface area contributed by atoms with E-state index >= 15 is 0 Å². The topological polar surface area (TPSA) is 16.4 Å². The van der Waals surface area contributed by atoms with Gasteiger partial charge in [0.2, 0.25) is 0 Å². The Bertz CT molecular complexity index is 3810. The Morgan fingerprint density at radius 3 is 1.55 bits per heavy atom. The molecule has 0 aliphatic heterocycles. The van der Waals surface area contributed by atoms with E-state index in [2.05, 4.69) is 259 Å². The second kappa shape index (κ2) is 15.0. The van der Waals surface area contributed by atoms with Gasteiger partial charge in [-0.2, -0.15) is 0 Å². The number of furan rings is 1. The number of fused-ring (bicyclic) bond motifs is 15. The fraction of sp³-hybridized carbons (Fsp3) is 0.134. The van der Waals surface area contributed by atoms with Gasteiger partial charge in [-0.15, -0.1) is 0 Å². The van der Waals surface area contributed by atoms with E-state index in [1.807, 2.05) is 0 Å². The minimum absolute atomic E-state index is 0.0399. The summed E-state index contributed by atoms with van der Waals surface area (Å²) in [7, 11) is 0. The van der Waals surface area contributed by atoms with Crippen molar-refractivity contribution in [3.8, 4) is 44.5 Å². The molecule has 1 spiro atoms. The van der Waals surface area contributed by atoms with Crippen molar-refractivity contribution in [1.82, 2.24) is 0 Å². The van der Waals surface area contributed by atoms with Gasteiger partial charge in [0.25, 0.3) is 0 Å². The van der Waals surface area contributed by atoms with Gasteiger partial charge < -0.3 is 9.32 Å². The Kier molecular flexibility index (Phi) is 8.99. The largest absolute Gasteiger partial charge is 0.455 e. The van der Waals surface area contributed by atoms with Gasteiger partial charge in [0.15, 0.2) is 0 Å². The van der Waals surface area contributed by atoms with Crippen molar-refractivity contribution in [2.24, 2.45) is 0 Å². The van der Waals surface area contributed by atoms with Gasteiger partial charge in [0.1, 0.15) is 11.2 Å². The first-order valence-corrected chi connectivity index (χ1v) is 24.4. The molecule has 0 fully saturated rings. The number of hydrogen-bond donors (Lipinski definition) is 0. The number of rotatable bonds is 5. The fourth-order valence-corrected chi connectivity index (χ4v) is 11.8. The lowest BCUT2D eigenvalue weighted by atomic mass is 9.68. The molecule has 0 saturated heterocycles. The predicted octanol–water partition coefficient (Wildman–Crippen LogP) is 18.5. The summed E-state index contributed by atoms with van der Waals surface area (Å²) in [5, 5.41) is 4.53. The van der Waals surface area contributed by atoms with Gasteiger partial charge in [-0.05, 0) is 108 Å². The highest BCUT2D eigenvalue weighted by atomic mass is 16.3. The number of benzene rings is 10. The Labute approximate surface area is 405 Å². The van der Waals surface area contributed by atoms with Crippen molar-refractivity contribution in [1.29, 1.82) is 0 Å². The standard InChI is InChI=1S/C67H53NO/c1-65(2,3)44-32-36-50-51-37-33-45(66(4,5)6)40-59(51)67(58(50)39-44)57-28-15-12-24-49(57)52-38-34-46(41-60(52)67)68(61-29-16-13-22-47(61)42-19-8-7-9-20-42)62-30-17-14-25-53(62)54-26-18-27-55-56-35-31-43-21-10-11-23-48(43)63(56)69-64(54)55/h7-41H,1-6H3. The molecule has 10 aromatic carbocycles. The number of anilines is 3. The average Bonchev–Trinajstić information content (AvgIpc) is 4.00. The minimum Gasteiger partial charge on any atom is -0.455 e. The summed E-state index contributed by atoms with van der Waals surface area (Å²) in [4.78, 5) is 2.51. The summed E-state index contributed by atoms with van der Waals surface area (Å²) >= 11 is 0. The lowest BCUT2D eigenvalue weighted by molar-refractivity contribution is 0.586. The molecule has 0 N–H and O–H groups in total. The first-order chi connectivity index (χ1) is 33.5. The zero-order valence-electron chi connectivity index (χ0n) is 40.1. The Balaban J connectivity index is 1.11. The molecule has 69 heavy (non-hydrogen) atoms. The maximum absolute atomic E-state index is 7.07. The van der Waals surface area contributed by atoms with Gasteiger partial charge in [0, 0.05) is 38.5 Å². The lowest BCUT2D eigenvalue weighted by Crippen LogP contribution is -2.27. The number of nitrogens with zero attached hydrogens (tertiary/aromatic N) is 1. The van der Waals surface area contributed by atoms with E-state index in [0.29, 0.717) is 0 Å². The molecule has 0 bridgehead atoms. The third-order valence-corrected chi connectivity index (χ3v) is 15.2. The second-order valence-corrected chi connectivity index (χ2v) is 21.2. The van der Waals surface area contributed by atoms with E-state index in [0.717, 1.165) is 66.6 Å². The van der Waals surface area contributed by atoms with Crippen molar-refractivity contribution < 1.29 is 4.42 Å². The third kappa shape index (κ3) is 6.11. The van der Waals surface area contributed by atoms with Crippen molar-refractivity contribution in [2.45, 2.75) is 57.8 Å². The molecule has 0 amide bonds. The molecule has 2 aliphatic rings. The van der Waals surface area contributed by atoms with Crippen molar-refractivity contribution in [3.05, 3.63) is 246 Å². The molecule has 2 aliphatic carbocycles. The van der Waals surface area contributed by atoms with Crippen molar-refractivity contribution >= 4 is 49.8 Å². The molecule has 2 nitrogen and oxygen atoms in total. The molecule has 2 heteroatoms. The van der Waals surface area contributed by atoms with Crippen LogP contribution < -0.4 is 4.90 Å². The lowest BCUT2D eigenvalue weighted by Gasteiger charge is -2.34. The zero-order chi connectivity index (χ0) is 46.8. The van der Waals surface area contributed by atoms with Crippen LogP contribution in [-0.2, 0) is 16.2 Å². The van der Waals surface area contributed by atoms with Crippen LogP contribution in [0.2, 0.25) is 0 Å². The van der Waals surface area contributed by atoms with Gasteiger partial charge in [-0.3, -0.25) is 0 Å². The monoisotopic (exact) mass is 887 g/mol. The quantitative estimate of drug-likeness (QED) is 0.171. The molecule has 11 aromatic rings. The Morgan fingerprint density at radius 2 is 0.855 bits per heavy atom. The summed E-state index contributed by atoms with van der Waals surface area (Å²) in [5.74, 6) is 0. The van der Waals surface area contributed by atoms with Gasteiger partial charge in [-0.1, -0.05) is 224 Å². The SMILES string of the molecule is CC(C)(C)c1ccc2c(c1)C1(c3ccccc3-c3ccc(N(c4ccccc4-c4ccccc4)c4ccccc4-c4cccc5c4oc4c6ccccc6ccc54)cc31)c1cc(C(C)(C)C)ccc1-2. The highest BCUT2D eigenvalue weighted by Crippen LogP contribution is 2.64. The van der Waals surface area contributed by atoms with E-state index in [4.69, 9.17) is 4.42 Å². The molecule has 0 saturated carbocycles. The zero-order valence-corrected chi connectivity index (χ0v) is 40.1. The van der Waals surface area contributed by atoms with E-state index in [1.165, 1.54) is 61.0 Å². The normalized spacial score (nSPS) is 13.5. The molecule has 1 heterocycles. The van der Waals surface area contributed by atoms with Gasteiger partial charge in [-0.25, -0.2) is 0 Å². The first-order valence-electron chi connectivity index (χ1n) is 24.4. The van der Waals surface area contributed by atoms with Crippen LogP contribution in [0.15, 0.2) is 217 Å². The molecule has 0 unspecified atom stereocenters. The van der Waals surface area contributed by atoms with Crippen LogP contribution in [0.5, 0.6) is 0 Å². The summed E-state index contributed by atoms with van der Waals surface area (Å²) in [6.45, 7) is 14.0. The van der Waals surface area contributed by atoms with E-state index in [-0.39, 0.29) is 10.8 Å². The van der Waals surface area contributed by atoms with E-state index < -0.39 is 5.41 Å². The maximum atomic E-state index is 7.07. The van der Waals surface area contributed by atoms with Gasteiger partial charge >= 0.3 is 0 Å². The Hall–Kier alpha value is -7.94. The van der Waals surface area contributed by atoms with Crippen LogP contribution in [0, 0.1) is 0 Å². The van der Waals surface area contributed by atoms with Crippen LogP contribution >= 0.6 is 0 Å². The second-order valence-electron chi connectivity index (χ2n) is 21.2. The summed E-state index contributed by atoms with van der Waals surface area (Å²) in [5.41, 5.74) is 22.1. The van der Waals surface area contributed by atoms with Crippen molar-refractivity contribution in [2.75, 3.05) is 4.90 Å². The van der Waals surface area contributed by atoms with Crippen LogP contribution in [-0.4, -0.2) is 0 Å². The molecular formula is C67H53NO. The van der Waals surface area contributed by atoms with Crippen LogP contribution in [0.4, 0.5) is 17.1 Å². The molecule has 1 aromatic heterocycles. The smallest absolute Gasteiger partial charge is 0.143 e. The molecule has 0 atom stereocenters. The minimum atomic E-state index is -0.554. The summed E-state index contributed by atoms with van der Waals surface area (Å²) in [6, 6.07) is 79.3. The van der Waals surface area contributed by atoms with Crippen LogP contribution in [0.25, 0.3) is 77.2 Å². The average molecular weight is 888 g/mol. The van der Waals surface area contributed by atoms with E-state index in [1.54, 1.807) is 0 Å². The van der Waals surface area contributed by atoms with E-state index in [9.17, 15) is 0 Å². The van der Waals surface area contributed by atoms with Gasteiger partial charge in [0.05, 0.1) is 16.8 Å².